The highest BCUT2D eigenvalue weighted by atomic mass is 16.5. The number of rotatable bonds is 5. The summed E-state index contributed by atoms with van der Waals surface area (Å²) in [6, 6.07) is 9.07. The Balaban J connectivity index is 1.71. The van der Waals surface area contributed by atoms with Crippen molar-refractivity contribution in [1.82, 2.24) is 9.97 Å². The lowest BCUT2D eigenvalue weighted by Crippen LogP contribution is -2.13. The Kier molecular flexibility index (Phi) is 3.75. The zero-order chi connectivity index (χ0) is 11.9. The Morgan fingerprint density at radius 1 is 1.12 bits per heavy atom. The molecule has 5 heteroatoms. The summed E-state index contributed by atoms with van der Waals surface area (Å²) in [5.74, 6) is 1.41. The minimum Gasteiger partial charge on any atom is -0.492 e. The lowest BCUT2D eigenvalue weighted by atomic mass is 10.3. The summed E-state index contributed by atoms with van der Waals surface area (Å²) in [5, 5.41) is 3.05. The first-order chi connectivity index (χ1) is 8.34. The molecular formula is C12H14N4O. The average Bonchev–Trinajstić information content (AvgIpc) is 2.38. The molecule has 88 valence electrons. The van der Waals surface area contributed by atoms with E-state index in [9.17, 15) is 0 Å². The van der Waals surface area contributed by atoms with Crippen LogP contribution in [0.1, 0.15) is 0 Å². The molecule has 3 N–H and O–H groups in total. The number of benzene rings is 1. The van der Waals surface area contributed by atoms with Crippen LogP contribution in [-0.4, -0.2) is 23.1 Å². The second-order valence-corrected chi connectivity index (χ2v) is 3.42. The van der Waals surface area contributed by atoms with Crippen molar-refractivity contribution >= 4 is 11.6 Å². The summed E-state index contributed by atoms with van der Waals surface area (Å²) >= 11 is 0. The van der Waals surface area contributed by atoms with Gasteiger partial charge >= 0.3 is 0 Å². The van der Waals surface area contributed by atoms with Crippen molar-refractivity contribution in [2.75, 3.05) is 24.2 Å². The topological polar surface area (TPSA) is 73.1 Å². The summed E-state index contributed by atoms with van der Waals surface area (Å²) in [7, 11) is 0. The number of anilines is 2. The van der Waals surface area contributed by atoms with Gasteiger partial charge in [0.2, 0.25) is 5.95 Å². The molecule has 0 radical (unpaired) electrons. The minimum absolute atomic E-state index is 0.544. The fourth-order valence-corrected chi connectivity index (χ4v) is 1.29. The van der Waals surface area contributed by atoms with Gasteiger partial charge in [0.1, 0.15) is 12.4 Å². The molecule has 17 heavy (non-hydrogen) atoms. The summed E-state index contributed by atoms with van der Waals surface area (Å²) in [4.78, 5) is 8.08. The molecule has 0 unspecified atom stereocenters. The Labute approximate surface area is 99.7 Å². The zero-order valence-electron chi connectivity index (χ0n) is 9.34. The van der Waals surface area contributed by atoms with Crippen LogP contribution in [0.5, 0.6) is 5.75 Å². The third-order valence-corrected chi connectivity index (χ3v) is 2.10. The molecular weight excluding hydrogens is 216 g/mol. The smallest absolute Gasteiger partial charge is 0.222 e. The number of ether oxygens (including phenoxy) is 1. The molecule has 1 aromatic heterocycles. The van der Waals surface area contributed by atoms with Crippen LogP contribution in [0.15, 0.2) is 42.7 Å². The van der Waals surface area contributed by atoms with Gasteiger partial charge in [-0.25, -0.2) is 9.97 Å². The lowest BCUT2D eigenvalue weighted by molar-refractivity contribution is 0.332. The first-order valence-corrected chi connectivity index (χ1v) is 5.34. The molecule has 0 fully saturated rings. The van der Waals surface area contributed by atoms with E-state index < -0.39 is 0 Å². The van der Waals surface area contributed by atoms with Gasteiger partial charge in [0.05, 0.1) is 6.54 Å². The molecule has 0 amide bonds. The van der Waals surface area contributed by atoms with Gasteiger partial charge in [-0.1, -0.05) is 0 Å². The maximum absolute atomic E-state index is 5.57. The van der Waals surface area contributed by atoms with E-state index in [-0.39, 0.29) is 0 Å². The molecule has 5 nitrogen and oxygen atoms in total. The molecule has 0 aliphatic carbocycles. The first kappa shape index (κ1) is 11.2. The van der Waals surface area contributed by atoms with Crippen molar-refractivity contribution in [2.45, 2.75) is 0 Å². The van der Waals surface area contributed by atoms with Crippen LogP contribution >= 0.6 is 0 Å². The molecule has 0 saturated carbocycles. The largest absolute Gasteiger partial charge is 0.492 e. The molecule has 1 aromatic carbocycles. The second kappa shape index (κ2) is 5.69. The maximum Gasteiger partial charge on any atom is 0.222 e. The van der Waals surface area contributed by atoms with Crippen LogP contribution in [0.3, 0.4) is 0 Å². The predicted octanol–water partition coefficient (Wildman–Crippen LogP) is 1.55. The van der Waals surface area contributed by atoms with Crippen LogP contribution in [0.2, 0.25) is 0 Å². The predicted molar refractivity (Wildman–Crippen MR) is 66.9 cm³/mol. The average molecular weight is 230 g/mol. The summed E-state index contributed by atoms with van der Waals surface area (Å²) in [6.07, 6.45) is 3.38. The van der Waals surface area contributed by atoms with Crippen LogP contribution in [0, 0.1) is 0 Å². The zero-order valence-corrected chi connectivity index (χ0v) is 9.34. The van der Waals surface area contributed by atoms with Crippen LogP contribution in [-0.2, 0) is 0 Å². The van der Waals surface area contributed by atoms with Gasteiger partial charge < -0.3 is 15.8 Å². The molecule has 0 aliphatic rings. The van der Waals surface area contributed by atoms with E-state index in [0.717, 1.165) is 11.4 Å². The van der Waals surface area contributed by atoms with Gasteiger partial charge in [0, 0.05) is 18.1 Å². The third-order valence-electron chi connectivity index (χ3n) is 2.10. The van der Waals surface area contributed by atoms with Gasteiger partial charge in [0.15, 0.2) is 0 Å². The normalized spacial score (nSPS) is 9.88. The van der Waals surface area contributed by atoms with E-state index >= 15 is 0 Å². The molecule has 0 saturated heterocycles. The number of nitrogens with one attached hydrogen (secondary N) is 1. The van der Waals surface area contributed by atoms with E-state index in [1.165, 1.54) is 0 Å². The number of hydrogen-bond donors (Lipinski definition) is 2. The van der Waals surface area contributed by atoms with Crippen molar-refractivity contribution in [2.24, 2.45) is 0 Å². The fourth-order valence-electron chi connectivity index (χ4n) is 1.29. The van der Waals surface area contributed by atoms with Gasteiger partial charge in [-0.05, 0) is 30.3 Å². The monoisotopic (exact) mass is 230 g/mol. The molecule has 0 atom stereocenters. The molecule has 0 aliphatic heterocycles. The molecule has 0 bridgehead atoms. The fraction of sp³-hybridized carbons (Fsp3) is 0.167. The van der Waals surface area contributed by atoms with Gasteiger partial charge in [-0.15, -0.1) is 0 Å². The van der Waals surface area contributed by atoms with Crippen LogP contribution in [0.4, 0.5) is 11.6 Å². The number of nitrogens with two attached hydrogens (primary N) is 1. The number of nitrogens with zero attached hydrogens (tertiary/aromatic N) is 2. The van der Waals surface area contributed by atoms with Crippen LogP contribution in [0.25, 0.3) is 0 Å². The minimum atomic E-state index is 0.544. The van der Waals surface area contributed by atoms with Crippen molar-refractivity contribution < 1.29 is 4.74 Å². The van der Waals surface area contributed by atoms with Crippen molar-refractivity contribution in [1.29, 1.82) is 0 Å². The number of nitrogen functional groups attached to an aromatic ring is 1. The molecule has 1 heterocycles. The maximum atomic E-state index is 5.57. The highest BCUT2D eigenvalue weighted by Gasteiger charge is 1.94. The quantitative estimate of drug-likeness (QED) is 0.602. The van der Waals surface area contributed by atoms with Crippen molar-refractivity contribution in [3.05, 3.63) is 42.7 Å². The first-order valence-electron chi connectivity index (χ1n) is 5.34. The molecule has 2 rings (SSSR count). The third kappa shape index (κ3) is 3.64. The van der Waals surface area contributed by atoms with Crippen molar-refractivity contribution in [3.63, 3.8) is 0 Å². The Morgan fingerprint density at radius 3 is 2.53 bits per heavy atom. The van der Waals surface area contributed by atoms with E-state index in [1.54, 1.807) is 18.5 Å². The van der Waals surface area contributed by atoms with E-state index in [2.05, 4.69) is 15.3 Å². The highest BCUT2D eigenvalue weighted by molar-refractivity contribution is 5.41. The summed E-state index contributed by atoms with van der Waals surface area (Å²) in [6.45, 7) is 1.19. The van der Waals surface area contributed by atoms with E-state index in [4.69, 9.17) is 10.5 Å². The second-order valence-electron chi connectivity index (χ2n) is 3.42. The summed E-state index contributed by atoms with van der Waals surface area (Å²) < 4.78 is 5.51. The molecule has 2 aromatic rings. The van der Waals surface area contributed by atoms with Crippen LogP contribution < -0.4 is 15.8 Å². The van der Waals surface area contributed by atoms with E-state index in [1.807, 2.05) is 24.3 Å². The molecule has 0 spiro atoms. The van der Waals surface area contributed by atoms with Crippen molar-refractivity contribution in [3.8, 4) is 5.75 Å². The Morgan fingerprint density at radius 2 is 1.82 bits per heavy atom. The van der Waals surface area contributed by atoms with E-state index in [0.29, 0.717) is 19.1 Å². The highest BCUT2D eigenvalue weighted by Crippen LogP contribution is 2.12. The number of hydrogen-bond acceptors (Lipinski definition) is 5. The van der Waals surface area contributed by atoms with Gasteiger partial charge in [0.25, 0.3) is 0 Å². The summed E-state index contributed by atoms with van der Waals surface area (Å²) in [5.41, 5.74) is 6.30. The Bertz CT molecular complexity index is 444. The number of aromatic nitrogens is 2. The Hall–Kier alpha value is -2.30. The van der Waals surface area contributed by atoms with Gasteiger partial charge in [-0.3, -0.25) is 0 Å². The van der Waals surface area contributed by atoms with Gasteiger partial charge in [-0.2, -0.15) is 0 Å². The SMILES string of the molecule is Nc1ccc(OCCNc2ncccn2)cc1. The lowest BCUT2D eigenvalue weighted by Gasteiger charge is -2.07. The standard InChI is InChI=1S/C12H14N4O/c13-10-2-4-11(5-3-10)17-9-8-16-12-14-6-1-7-15-12/h1-7H,8-9,13H2,(H,14,15,16).